The predicted molar refractivity (Wildman–Crippen MR) is 251 cm³/mol. The van der Waals surface area contributed by atoms with Gasteiger partial charge in [-0.05, 0) is 93.7 Å². The van der Waals surface area contributed by atoms with Crippen LogP contribution in [0.4, 0.5) is 0 Å². The van der Waals surface area contributed by atoms with Crippen molar-refractivity contribution in [2.45, 2.75) is 0 Å². The highest BCUT2D eigenvalue weighted by atomic mass is 16.3. The van der Waals surface area contributed by atoms with E-state index in [1.807, 2.05) is 0 Å². The van der Waals surface area contributed by atoms with Gasteiger partial charge >= 0.3 is 0 Å². The van der Waals surface area contributed by atoms with Crippen LogP contribution in [0, 0.1) is 0 Å². The lowest BCUT2D eigenvalue weighted by molar-refractivity contribution is 0.670. The number of furan rings is 1. The van der Waals surface area contributed by atoms with Gasteiger partial charge in [0, 0.05) is 21.9 Å². The van der Waals surface area contributed by atoms with Crippen LogP contribution < -0.4 is 0 Å². The van der Waals surface area contributed by atoms with Crippen molar-refractivity contribution in [2.24, 2.45) is 0 Å². The third-order valence-electron chi connectivity index (χ3n) is 12.3. The Balaban J connectivity index is 1.12. The predicted octanol–water partition coefficient (Wildman–Crippen LogP) is 16.5. The van der Waals surface area contributed by atoms with Gasteiger partial charge in [-0.2, -0.15) is 0 Å². The smallest absolute Gasteiger partial charge is 0.143 e. The second-order valence-corrected chi connectivity index (χ2v) is 15.5. The number of fused-ring (bicyclic) bond motifs is 7. The van der Waals surface area contributed by atoms with Crippen molar-refractivity contribution in [3.05, 3.63) is 218 Å². The van der Waals surface area contributed by atoms with E-state index in [0.717, 1.165) is 27.5 Å². The van der Waals surface area contributed by atoms with E-state index < -0.39 is 0 Å². The van der Waals surface area contributed by atoms with Crippen LogP contribution in [-0.2, 0) is 0 Å². The summed E-state index contributed by atoms with van der Waals surface area (Å²) in [7, 11) is 0. The zero-order valence-electron chi connectivity index (χ0n) is 32.2. The van der Waals surface area contributed by atoms with Gasteiger partial charge in [0.2, 0.25) is 0 Å². The molecular weight excluding hydrogens is 713 g/mol. The summed E-state index contributed by atoms with van der Waals surface area (Å²) in [4.78, 5) is 0. The number of rotatable bonds is 5. The average Bonchev–Trinajstić information content (AvgIpc) is 3.70. The maximum Gasteiger partial charge on any atom is 0.143 e. The summed E-state index contributed by atoms with van der Waals surface area (Å²) in [6.45, 7) is 0. The third kappa shape index (κ3) is 5.18. The molecular formula is C58H36O. The molecule has 0 spiro atoms. The zero-order valence-corrected chi connectivity index (χ0v) is 32.2. The largest absolute Gasteiger partial charge is 0.455 e. The Morgan fingerprint density at radius 3 is 1.07 bits per heavy atom. The lowest BCUT2D eigenvalue weighted by Crippen LogP contribution is -1.91. The molecule has 0 N–H and O–H groups in total. The van der Waals surface area contributed by atoms with E-state index >= 15 is 0 Å². The van der Waals surface area contributed by atoms with Crippen LogP contribution >= 0.6 is 0 Å². The number of benzene rings is 11. The van der Waals surface area contributed by atoms with Crippen molar-refractivity contribution in [3.8, 4) is 55.6 Å². The van der Waals surface area contributed by atoms with Crippen molar-refractivity contribution in [2.75, 3.05) is 0 Å². The normalized spacial score (nSPS) is 11.7. The van der Waals surface area contributed by atoms with Gasteiger partial charge in [0.1, 0.15) is 11.2 Å². The van der Waals surface area contributed by atoms with Gasteiger partial charge < -0.3 is 4.42 Å². The molecule has 274 valence electrons. The molecule has 1 heteroatoms. The fraction of sp³-hybridized carbons (Fsp3) is 0. The van der Waals surface area contributed by atoms with Crippen LogP contribution in [0.2, 0.25) is 0 Å². The summed E-state index contributed by atoms with van der Waals surface area (Å²) in [5, 5.41) is 12.0. The van der Waals surface area contributed by atoms with Gasteiger partial charge in [0.15, 0.2) is 0 Å². The Morgan fingerprint density at radius 1 is 0.220 bits per heavy atom. The van der Waals surface area contributed by atoms with Crippen LogP contribution in [0.25, 0.3) is 121 Å². The maximum atomic E-state index is 7.09. The first-order chi connectivity index (χ1) is 29.3. The summed E-state index contributed by atoms with van der Waals surface area (Å²) < 4.78 is 7.09. The van der Waals surface area contributed by atoms with E-state index in [0.29, 0.717) is 0 Å². The molecule has 0 aliphatic heterocycles. The first-order valence-corrected chi connectivity index (χ1v) is 20.3. The van der Waals surface area contributed by atoms with E-state index in [4.69, 9.17) is 4.42 Å². The van der Waals surface area contributed by atoms with Crippen LogP contribution in [0.15, 0.2) is 223 Å². The van der Waals surface area contributed by atoms with Crippen molar-refractivity contribution in [1.29, 1.82) is 0 Å². The summed E-state index contributed by atoms with van der Waals surface area (Å²) in [6.07, 6.45) is 0. The molecule has 0 amide bonds. The van der Waals surface area contributed by atoms with Crippen molar-refractivity contribution in [3.63, 3.8) is 0 Å². The van der Waals surface area contributed by atoms with E-state index in [1.54, 1.807) is 0 Å². The average molecular weight is 749 g/mol. The first-order valence-electron chi connectivity index (χ1n) is 20.3. The second kappa shape index (κ2) is 13.4. The molecule has 1 nitrogen and oxygen atoms in total. The van der Waals surface area contributed by atoms with E-state index in [2.05, 4.69) is 218 Å². The Labute approximate surface area is 342 Å². The van der Waals surface area contributed by atoms with Crippen molar-refractivity contribution in [1.82, 2.24) is 0 Å². The molecule has 12 rings (SSSR count). The molecule has 0 aliphatic rings. The Kier molecular flexibility index (Phi) is 7.61. The van der Waals surface area contributed by atoms with Crippen molar-refractivity contribution < 1.29 is 4.42 Å². The van der Waals surface area contributed by atoms with Gasteiger partial charge in [-0.25, -0.2) is 0 Å². The summed E-state index contributed by atoms with van der Waals surface area (Å²) >= 11 is 0. The van der Waals surface area contributed by atoms with Gasteiger partial charge in [-0.3, -0.25) is 0 Å². The highest BCUT2D eigenvalue weighted by Crippen LogP contribution is 2.50. The van der Waals surface area contributed by atoms with E-state index in [-0.39, 0.29) is 0 Å². The highest BCUT2D eigenvalue weighted by molar-refractivity contribution is 6.28. The molecule has 59 heavy (non-hydrogen) atoms. The Bertz CT molecular complexity index is 3460. The third-order valence-corrected chi connectivity index (χ3v) is 12.3. The van der Waals surface area contributed by atoms with E-state index in [9.17, 15) is 0 Å². The minimum Gasteiger partial charge on any atom is -0.455 e. The minimum atomic E-state index is 0.883. The van der Waals surface area contributed by atoms with Crippen LogP contribution in [0.5, 0.6) is 0 Å². The maximum absolute atomic E-state index is 7.09. The molecule has 0 aliphatic carbocycles. The lowest BCUT2D eigenvalue weighted by atomic mass is 9.84. The second-order valence-electron chi connectivity index (χ2n) is 15.5. The van der Waals surface area contributed by atoms with Gasteiger partial charge in [0.05, 0.1) is 0 Å². The van der Waals surface area contributed by atoms with Gasteiger partial charge in [0.25, 0.3) is 0 Å². The molecule has 0 fully saturated rings. The first kappa shape index (κ1) is 33.4. The monoisotopic (exact) mass is 748 g/mol. The van der Waals surface area contributed by atoms with Crippen molar-refractivity contribution >= 4 is 65.0 Å². The van der Waals surface area contributed by atoms with Crippen LogP contribution in [-0.4, -0.2) is 0 Å². The zero-order chi connectivity index (χ0) is 38.9. The Morgan fingerprint density at radius 2 is 0.559 bits per heavy atom. The standard InChI is InChI=1S/C58H36O/c1-3-17-37(18-4-1)38-33-35-40(36-34-38)54-43-23-9-13-27-47(43)56(48-28-14-10-24-44(48)54)50-30-15-31-51-57-49(29-16-32-52(57)59-58(50)51)55-45-25-11-7-21-41(45)53(39-19-5-2-6-20-39)42-22-8-12-26-46(42)55/h1-36H. The molecule has 1 heterocycles. The fourth-order valence-electron chi connectivity index (χ4n) is 9.78. The summed E-state index contributed by atoms with van der Waals surface area (Å²) in [5.41, 5.74) is 13.8. The molecule has 12 aromatic rings. The van der Waals surface area contributed by atoms with Crippen LogP contribution in [0.3, 0.4) is 0 Å². The molecule has 11 aromatic carbocycles. The quantitative estimate of drug-likeness (QED) is 0.160. The Hall–Kier alpha value is -7.74. The fourth-order valence-corrected chi connectivity index (χ4v) is 9.78. The number of hydrogen-bond donors (Lipinski definition) is 0. The molecule has 0 atom stereocenters. The van der Waals surface area contributed by atoms with Gasteiger partial charge in [-0.15, -0.1) is 0 Å². The number of hydrogen-bond acceptors (Lipinski definition) is 1. The van der Waals surface area contributed by atoms with Crippen LogP contribution in [0.1, 0.15) is 0 Å². The molecule has 0 unspecified atom stereocenters. The molecule has 0 bridgehead atoms. The molecule has 1 aromatic heterocycles. The topological polar surface area (TPSA) is 13.1 Å². The summed E-state index contributed by atoms with van der Waals surface area (Å²) in [5.74, 6) is 0. The molecule has 0 radical (unpaired) electrons. The molecule has 0 saturated carbocycles. The molecule has 0 saturated heterocycles. The van der Waals surface area contributed by atoms with Gasteiger partial charge in [-0.1, -0.05) is 212 Å². The van der Waals surface area contributed by atoms with E-state index in [1.165, 1.54) is 93.2 Å². The lowest BCUT2D eigenvalue weighted by Gasteiger charge is -2.18. The SMILES string of the molecule is c1ccc(-c2ccc(-c3c4ccccc4c(-c4cccc5c4oc4cccc(-c6c7ccccc7c(-c7ccccc7)c7ccccc67)c45)c4ccccc34)cc2)cc1. The highest BCUT2D eigenvalue weighted by Gasteiger charge is 2.23. The minimum absolute atomic E-state index is 0.883. The summed E-state index contributed by atoms with van der Waals surface area (Å²) in [6, 6.07) is 79.2. The number of para-hydroxylation sites is 1.